The molecule has 2 rings (SSSR count). The van der Waals surface area contributed by atoms with Gasteiger partial charge in [-0.1, -0.05) is 36.5 Å². The van der Waals surface area contributed by atoms with Gasteiger partial charge < -0.3 is 9.64 Å². The minimum atomic E-state index is -3.70. The molecule has 1 aromatic carbocycles. The van der Waals surface area contributed by atoms with Crippen molar-refractivity contribution in [3.8, 4) is 5.75 Å². The van der Waals surface area contributed by atoms with Crippen molar-refractivity contribution in [1.82, 2.24) is 9.62 Å². The molecule has 0 amide bonds. The maximum atomic E-state index is 12.5. The largest absolute Gasteiger partial charge is 0.495 e. The Labute approximate surface area is 160 Å². The highest BCUT2D eigenvalue weighted by molar-refractivity contribution is 7.89. The van der Waals surface area contributed by atoms with Crippen LogP contribution in [-0.2, 0) is 10.0 Å². The minimum Gasteiger partial charge on any atom is -0.495 e. The second kappa shape index (κ2) is 9.42. The summed E-state index contributed by atoms with van der Waals surface area (Å²) in [6.45, 7) is 4.58. The van der Waals surface area contributed by atoms with Crippen LogP contribution in [0.15, 0.2) is 17.0 Å². The van der Waals surface area contributed by atoms with Crippen molar-refractivity contribution in [1.29, 1.82) is 0 Å². The molecule has 1 saturated heterocycles. The summed E-state index contributed by atoms with van der Waals surface area (Å²) < 4.78 is 32.6. The molecule has 1 N–H and O–H groups in total. The number of likely N-dealkylation sites (tertiary alicyclic amines) is 1. The maximum Gasteiger partial charge on any atom is 0.242 e. The molecule has 1 aromatic rings. The van der Waals surface area contributed by atoms with Crippen molar-refractivity contribution >= 4 is 33.2 Å². The van der Waals surface area contributed by atoms with Crippen LogP contribution in [0, 0.1) is 0 Å². The Morgan fingerprint density at radius 1 is 1.28 bits per heavy atom. The Morgan fingerprint density at radius 2 is 2.04 bits per heavy atom. The first-order valence-corrected chi connectivity index (χ1v) is 10.9. The van der Waals surface area contributed by atoms with E-state index >= 15 is 0 Å². The normalized spacial score (nSPS) is 19.1. The molecule has 25 heavy (non-hydrogen) atoms. The molecule has 0 unspecified atom stereocenters. The zero-order valence-electron chi connectivity index (χ0n) is 14.7. The van der Waals surface area contributed by atoms with Crippen LogP contribution in [0.1, 0.15) is 39.0 Å². The van der Waals surface area contributed by atoms with Gasteiger partial charge in [-0.3, -0.25) is 0 Å². The van der Waals surface area contributed by atoms with Gasteiger partial charge in [-0.2, -0.15) is 0 Å². The number of piperidine rings is 1. The molecule has 0 bridgehead atoms. The highest BCUT2D eigenvalue weighted by atomic mass is 35.5. The van der Waals surface area contributed by atoms with Crippen molar-refractivity contribution in [2.24, 2.45) is 0 Å². The van der Waals surface area contributed by atoms with Crippen LogP contribution in [-0.4, -0.2) is 46.1 Å². The van der Waals surface area contributed by atoms with E-state index < -0.39 is 10.0 Å². The third-order valence-electron chi connectivity index (χ3n) is 4.66. The number of benzene rings is 1. The van der Waals surface area contributed by atoms with Gasteiger partial charge in [-0.05, 0) is 50.9 Å². The average molecular weight is 409 g/mol. The number of rotatable bonds is 8. The fraction of sp³-hybridized carbons (Fsp3) is 0.647. The molecule has 0 aromatic heterocycles. The number of hydrogen-bond acceptors (Lipinski definition) is 4. The van der Waals surface area contributed by atoms with Gasteiger partial charge in [0.05, 0.1) is 12.1 Å². The molecule has 0 aliphatic carbocycles. The molecule has 1 aliphatic heterocycles. The van der Waals surface area contributed by atoms with Crippen LogP contribution in [0.25, 0.3) is 0 Å². The lowest BCUT2D eigenvalue weighted by atomic mass is 10.00. The summed E-state index contributed by atoms with van der Waals surface area (Å²) >= 11 is 12.1. The summed E-state index contributed by atoms with van der Waals surface area (Å²) in [7, 11) is -2.25. The van der Waals surface area contributed by atoms with Gasteiger partial charge in [0.15, 0.2) is 0 Å². The van der Waals surface area contributed by atoms with E-state index in [9.17, 15) is 8.42 Å². The Kier molecular flexibility index (Phi) is 7.83. The van der Waals surface area contributed by atoms with Crippen LogP contribution in [0.5, 0.6) is 5.75 Å². The predicted octanol–water partition coefficient (Wildman–Crippen LogP) is 3.93. The van der Waals surface area contributed by atoms with Crippen molar-refractivity contribution in [3.63, 3.8) is 0 Å². The molecule has 0 spiro atoms. The predicted molar refractivity (Wildman–Crippen MR) is 102 cm³/mol. The van der Waals surface area contributed by atoms with Crippen LogP contribution < -0.4 is 9.46 Å². The number of nitrogens with zero attached hydrogens (tertiary/aromatic N) is 1. The molecule has 0 saturated carbocycles. The smallest absolute Gasteiger partial charge is 0.242 e. The summed E-state index contributed by atoms with van der Waals surface area (Å²) in [5.74, 6) is 0.348. The van der Waals surface area contributed by atoms with E-state index in [0.717, 1.165) is 25.9 Å². The Morgan fingerprint density at radius 3 is 2.72 bits per heavy atom. The SMILES string of the molecule is CC[C@H]1CCCCN1CCCNS(=O)(=O)c1ccc(OC)c(Cl)c1Cl. The molecular weight excluding hydrogens is 383 g/mol. The molecule has 1 fully saturated rings. The fourth-order valence-corrected chi connectivity index (χ4v) is 5.17. The van der Waals surface area contributed by atoms with Crippen LogP contribution in [0.4, 0.5) is 0 Å². The van der Waals surface area contributed by atoms with Gasteiger partial charge in [0.25, 0.3) is 0 Å². The molecule has 1 heterocycles. The second-order valence-corrected chi connectivity index (χ2v) is 8.73. The molecule has 1 aliphatic rings. The molecule has 142 valence electrons. The van der Waals surface area contributed by atoms with Gasteiger partial charge in [0.2, 0.25) is 10.0 Å². The van der Waals surface area contributed by atoms with E-state index in [1.807, 2.05) is 0 Å². The Balaban J connectivity index is 1.92. The van der Waals surface area contributed by atoms with Gasteiger partial charge in [-0.15, -0.1) is 0 Å². The lowest BCUT2D eigenvalue weighted by Crippen LogP contribution is -2.40. The number of sulfonamides is 1. The number of ether oxygens (including phenoxy) is 1. The van der Waals surface area contributed by atoms with Crippen molar-refractivity contribution in [3.05, 3.63) is 22.2 Å². The van der Waals surface area contributed by atoms with E-state index in [1.54, 1.807) is 0 Å². The first-order valence-electron chi connectivity index (χ1n) is 8.66. The number of hydrogen-bond donors (Lipinski definition) is 1. The van der Waals surface area contributed by atoms with Crippen molar-refractivity contribution in [2.75, 3.05) is 26.7 Å². The molecule has 1 atom stereocenters. The third-order valence-corrected chi connectivity index (χ3v) is 7.14. The molecule has 0 radical (unpaired) electrons. The highest BCUT2D eigenvalue weighted by Crippen LogP contribution is 2.36. The van der Waals surface area contributed by atoms with E-state index in [1.165, 1.54) is 38.5 Å². The van der Waals surface area contributed by atoms with E-state index in [2.05, 4.69) is 16.5 Å². The summed E-state index contributed by atoms with van der Waals surface area (Å²) in [5.41, 5.74) is 0. The van der Waals surface area contributed by atoms with Crippen LogP contribution in [0.2, 0.25) is 10.0 Å². The standard InChI is InChI=1S/C17H26Cl2N2O3S/c1-3-13-7-4-5-11-21(13)12-6-10-20-25(22,23)15-9-8-14(24-2)16(18)17(15)19/h8-9,13,20H,3-7,10-12H2,1-2H3/t13-/m0/s1. The molecule has 5 nitrogen and oxygen atoms in total. The van der Waals surface area contributed by atoms with Gasteiger partial charge in [0.1, 0.15) is 15.7 Å². The first-order chi connectivity index (χ1) is 11.9. The average Bonchev–Trinajstić information content (AvgIpc) is 2.61. The highest BCUT2D eigenvalue weighted by Gasteiger charge is 2.23. The minimum absolute atomic E-state index is 0.0180. The Bertz CT molecular complexity index is 683. The third kappa shape index (κ3) is 5.23. The van der Waals surface area contributed by atoms with Crippen molar-refractivity contribution in [2.45, 2.75) is 50.0 Å². The summed E-state index contributed by atoms with van der Waals surface area (Å²) in [4.78, 5) is 2.44. The first kappa shape index (κ1) is 20.8. The second-order valence-electron chi connectivity index (χ2n) is 6.24. The zero-order chi connectivity index (χ0) is 18.4. The van der Waals surface area contributed by atoms with Gasteiger partial charge in [-0.25, -0.2) is 13.1 Å². The maximum absolute atomic E-state index is 12.5. The fourth-order valence-electron chi connectivity index (χ4n) is 3.26. The van der Waals surface area contributed by atoms with E-state index in [-0.39, 0.29) is 14.9 Å². The topological polar surface area (TPSA) is 58.6 Å². The summed E-state index contributed by atoms with van der Waals surface area (Å²) in [5, 5.41) is 0.0849. The van der Waals surface area contributed by atoms with Crippen molar-refractivity contribution < 1.29 is 13.2 Å². The van der Waals surface area contributed by atoms with Crippen LogP contribution >= 0.6 is 23.2 Å². The number of nitrogens with one attached hydrogen (secondary N) is 1. The summed E-state index contributed by atoms with van der Waals surface area (Å²) in [6.07, 6.45) is 5.66. The van der Waals surface area contributed by atoms with Crippen LogP contribution in [0.3, 0.4) is 0 Å². The lowest BCUT2D eigenvalue weighted by molar-refractivity contribution is 0.143. The number of methoxy groups -OCH3 is 1. The zero-order valence-corrected chi connectivity index (χ0v) is 17.1. The number of halogens is 2. The van der Waals surface area contributed by atoms with Gasteiger partial charge in [0, 0.05) is 12.6 Å². The van der Waals surface area contributed by atoms with E-state index in [4.69, 9.17) is 27.9 Å². The quantitative estimate of drug-likeness (QED) is 0.661. The molecule has 8 heteroatoms. The summed E-state index contributed by atoms with van der Waals surface area (Å²) in [6, 6.07) is 3.54. The monoisotopic (exact) mass is 408 g/mol. The Hall–Kier alpha value is -0.530. The lowest BCUT2D eigenvalue weighted by Gasteiger charge is -2.35. The van der Waals surface area contributed by atoms with Gasteiger partial charge >= 0.3 is 0 Å². The van der Waals surface area contributed by atoms with E-state index in [0.29, 0.717) is 18.3 Å². The molecular formula is C17H26Cl2N2O3S.